The van der Waals surface area contributed by atoms with Crippen LogP contribution in [0.25, 0.3) is 0 Å². The number of aromatic nitrogens is 2. The van der Waals surface area contributed by atoms with Gasteiger partial charge in [-0.25, -0.2) is 4.68 Å². The molecule has 78 valence electrons. The van der Waals surface area contributed by atoms with Gasteiger partial charge in [-0.2, -0.15) is 5.10 Å². The van der Waals surface area contributed by atoms with Crippen LogP contribution in [0, 0.1) is 0 Å². The van der Waals surface area contributed by atoms with Crippen LogP contribution in [-0.4, -0.2) is 23.0 Å². The highest BCUT2D eigenvalue weighted by Crippen LogP contribution is 2.30. The second-order valence-corrected chi connectivity index (χ2v) is 3.88. The number of methoxy groups -OCH3 is 1. The zero-order valence-electron chi connectivity index (χ0n) is 8.52. The van der Waals surface area contributed by atoms with Crippen LogP contribution >= 0.6 is 0 Å². The SMILES string of the molecule is COC1CCCC(n2nccc2N)C1. The van der Waals surface area contributed by atoms with Crippen molar-refractivity contribution in [2.24, 2.45) is 0 Å². The van der Waals surface area contributed by atoms with E-state index in [0.29, 0.717) is 12.1 Å². The molecule has 0 aliphatic heterocycles. The first-order chi connectivity index (χ1) is 6.81. The predicted molar refractivity (Wildman–Crippen MR) is 54.9 cm³/mol. The van der Waals surface area contributed by atoms with E-state index in [1.807, 2.05) is 10.7 Å². The van der Waals surface area contributed by atoms with Crippen molar-refractivity contribution in [1.29, 1.82) is 0 Å². The second-order valence-electron chi connectivity index (χ2n) is 3.88. The van der Waals surface area contributed by atoms with Crippen molar-refractivity contribution in [2.45, 2.75) is 37.8 Å². The fourth-order valence-electron chi connectivity index (χ4n) is 2.19. The third kappa shape index (κ3) is 1.75. The number of hydrogen-bond donors (Lipinski definition) is 1. The minimum Gasteiger partial charge on any atom is -0.384 e. The topological polar surface area (TPSA) is 53.1 Å². The first-order valence-corrected chi connectivity index (χ1v) is 5.13. The zero-order chi connectivity index (χ0) is 9.97. The molecule has 2 atom stereocenters. The first-order valence-electron chi connectivity index (χ1n) is 5.13. The van der Waals surface area contributed by atoms with Crippen LogP contribution < -0.4 is 5.73 Å². The molecular weight excluding hydrogens is 178 g/mol. The Morgan fingerprint density at radius 3 is 3.07 bits per heavy atom. The maximum absolute atomic E-state index is 5.82. The van der Waals surface area contributed by atoms with E-state index in [1.165, 1.54) is 6.42 Å². The van der Waals surface area contributed by atoms with Crippen molar-refractivity contribution in [3.05, 3.63) is 12.3 Å². The smallest absolute Gasteiger partial charge is 0.121 e. The van der Waals surface area contributed by atoms with Crippen molar-refractivity contribution >= 4 is 5.82 Å². The van der Waals surface area contributed by atoms with Gasteiger partial charge in [0.15, 0.2) is 0 Å². The average molecular weight is 195 g/mol. The van der Waals surface area contributed by atoms with E-state index in [2.05, 4.69) is 5.10 Å². The molecule has 14 heavy (non-hydrogen) atoms. The summed E-state index contributed by atoms with van der Waals surface area (Å²) in [6, 6.07) is 2.26. The zero-order valence-corrected chi connectivity index (χ0v) is 8.52. The number of hydrogen-bond acceptors (Lipinski definition) is 3. The van der Waals surface area contributed by atoms with Crippen LogP contribution in [0.3, 0.4) is 0 Å². The fraction of sp³-hybridized carbons (Fsp3) is 0.700. The molecule has 0 radical (unpaired) electrons. The van der Waals surface area contributed by atoms with Gasteiger partial charge >= 0.3 is 0 Å². The third-order valence-corrected chi connectivity index (χ3v) is 2.98. The summed E-state index contributed by atoms with van der Waals surface area (Å²) >= 11 is 0. The molecule has 2 N–H and O–H groups in total. The molecule has 0 bridgehead atoms. The largest absolute Gasteiger partial charge is 0.384 e. The number of nitrogen functional groups attached to an aromatic ring is 1. The van der Waals surface area contributed by atoms with E-state index in [1.54, 1.807) is 13.3 Å². The van der Waals surface area contributed by atoms with E-state index < -0.39 is 0 Å². The van der Waals surface area contributed by atoms with E-state index in [-0.39, 0.29) is 0 Å². The lowest BCUT2D eigenvalue weighted by molar-refractivity contribution is 0.0512. The van der Waals surface area contributed by atoms with E-state index >= 15 is 0 Å². The fourth-order valence-corrected chi connectivity index (χ4v) is 2.19. The monoisotopic (exact) mass is 195 g/mol. The highest BCUT2D eigenvalue weighted by atomic mass is 16.5. The van der Waals surface area contributed by atoms with Gasteiger partial charge in [0.1, 0.15) is 5.82 Å². The van der Waals surface area contributed by atoms with Gasteiger partial charge in [0.25, 0.3) is 0 Å². The Kier molecular flexibility index (Phi) is 2.72. The van der Waals surface area contributed by atoms with Crippen molar-refractivity contribution < 1.29 is 4.74 Å². The molecule has 0 amide bonds. The first kappa shape index (κ1) is 9.52. The van der Waals surface area contributed by atoms with Crippen molar-refractivity contribution in [3.63, 3.8) is 0 Å². The summed E-state index contributed by atoms with van der Waals surface area (Å²) in [5.41, 5.74) is 5.82. The molecule has 1 heterocycles. The van der Waals surface area contributed by atoms with Crippen LogP contribution in [0.4, 0.5) is 5.82 Å². The van der Waals surface area contributed by atoms with Crippen molar-refractivity contribution in [3.8, 4) is 0 Å². The third-order valence-electron chi connectivity index (χ3n) is 2.98. The summed E-state index contributed by atoms with van der Waals surface area (Å²) in [7, 11) is 1.78. The summed E-state index contributed by atoms with van der Waals surface area (Å²) in [6.45, 7) is 0. The van der Waals surface area contributed by atoms with Gasteiger partial charge in [0.05, 0.1) is 18.3 Å². The van der Waals surface area contributed by atoms with E-state index in [9.17, 15) is 0 Å². The molecule has 4 nitrogen and oxygen atoms in total. The molecule has 2 unspecified atom stereocenters. The Labute approximate surface area is 84.0 Å². The Hall–Kier alpha value is -1.03. The molecule has 4 heteroatoms. The lowest BCUT2D eigenvalue weighted by Gasteiger charge is -2.28. The minimum atomic E-state index is 0.373. The summed E-state index contributed by atoms with van der Waals surface area (Å²) in [5, 5.41) is 4.24. The molecule has 1 aliphatic carbocycles. The summed E-state index contributed by atoms with van der Waals surface area (Å²) < 4.78 is 7.30. The van der Waals surface area contributed by atoms with Crippen LogP contribution in [-0.2, 0) is 4.74 Å². The van der Waals surface area contributed by atoms with Gasteiger partial charge in [-0.15, -0.1) is 0 Å². The molecule has 0 spiro atoms. The van der Waals surface area contributed by atoms with Crippen LogP contribution in [0.15, 0.2) is 12.3 Å². The van der Waals surface area contributed by atoms with Gasteiger partial charge in [-0.3, -0.25) is 0 Å². The summed E-state index contributed by atoms with van der Waals surface area (Å²) in [6.07, 6.45) is 6.67. The normalized spacial score (nSPS) is 27.8. The molecule has 1 aromatic rings. The predicted octanol–water partition coefficient (Wildman–Crippen LogP) is 1.60. The Morgan fingerprint density at radius 1 is 1.57 bits per heavy atom. The highest BCUT2D eigenvalue weighted by molar-refractivity contribution is 5.26. The second kappa shape index (κ2) is 4.00. The highest BCUT2D eigenvalue weighted by Gasteiger charge is 2.24. The number of ether oxygens (including phenoxy) is 1. The van der Waals surface area contributed by atoms with Gasteiger partial charge in [0, 0.05) is 7.11 Å². The van der Waals surface area contributed by atoms with Crippen molar-refractivity contribution in [2.75, 3.05) is 12.8 Å². The molecule has 1 aliphatic rings. The van der Waals surface area contributed by atoms with Crippen LogP contribution in [0.1, 0.15) is 31.7 Å². The Bertz CT molecular complexity index is 297. The van der Waals surface area contributed by atoms with Gasteiger partial charge in [0.2, 0.25) is 0 Å². The van der Waals surface area contributed by atoms with Gasteiger partial charge in [-0.05, 0) is 31.7 Å². The molecule has 1 saturated carbocycles. The summed E-state index contributed by atoms with van der Waals surface area (Å²) in [4.78, 5) is 0. The summed E-state index contributed by atoms with van der Waals surface area (Å²) in [5.74, 6) is 0.756. The Balaban J connectivity index is 2.08. The number of rotatable bonds is 2. The quantitative estimate of drug-likeness (QED) is 0.779. The van der Waals surface area contributed by atoms with E-state index in [4.69, 9.17) is 10.5 Å². The van der Waals surface area contributed by atoms with Crippen molar-refractivity contribution in [1.82, 2.24) is 9.78 Å². The average Bonchev–Trinajstić information content (AvgIpc) is 2.65. The number of nitrogens with two attached hydrogens (primary N) is 1. The Morgan fingerprint density at radius 2 is 2.43 bits per heavy atom. The van der Waals surface area contributed by atoms with Gasteiger partial charge < -0.3 is 10.5 Å². The maximum atomic E-state index is 5.82. The number of nitrogens with zero attached hydrogens (tertiary/aromatic N) is 2. The van der Waals surface area contributed by atoms with Crippen LogP contribution in [0.2, 0.25) is 0 Å². The maximum Gasteiger partial charge on any atom is 0.121 e. The number of anilines is 1. The molecule has 0 aromatic carbocycles. The van der Waals surface area contributed by atoms with E-state index in [0.717, 1.165) is 25.1 Å². The molecule has 2 rings (SSSR count). The van der Waals surface area contributed by atoms with Gasteiger partial charge in [-0.1, -0.05) is 0 Å². The molecular formula is C10H17N3O. The lowest BCUT2D eigenvalue weighted by atomic mass is 9.93. The molecule has 1 aromatic heterocycles. The molecule has 0 saturated heterocycles. The standard InChI is InChI=1S/C10H17N3O/c1-14-9-4-2-3-8(7-9)13-10(11)5-6-12-13/h5-6,8-9H,2-4,7,11H2,1H3. The molecule has 1 fully saturated rings. The minimum absolute atomic E-state index is 0.373. The van der Waals surface area contributed by atoms with Crippen LogP contribution in [0.5, 0.6) is 0 Å². The lowest BCUT2D eigenvalue weighted by Crippen LogP contribution is -2.25.